The Morgan fingerprint density at radius 3 is 1.11 bits per heavy atom. The standard InChI is InChI=1S/C70H127NO8/c1-6-8-10-12-14-16-18-20-22-23-24-25-26-27-28-29-30-31-32-33-34-35-36-37-38-39-40-41-42-43-44-45-47-48-50-52-54-56-58-60-67(72)77-64-66(65-78-70(69(74)75)76-63-62-71(3,4)5)79-68(73)61-59-57-55-53-51-49-46-21-19-17-15-13-11-9-7-2/h9,11,15,17,21,23-24,46,51,53,66,70H,6-8,10,12-14,16,18-20,22,25-45,47-50,52,54-65H2,1-5H3/p+1/b11-9-,17-15-,24-23-,46-21-,53-51-. The van der Waals surface area contributed by atoms with Gasteiger partial charge in [-0.15, -0.1) is 0 Å². The second kappa shape index (κ2) is 61.1. The van der Waals surface area contributed by atoms with Gasteiger partial charge in [0.15, 0.2) is 6.10 Å². The molecule has 0 aliphatic rings. The smallest absolute Gasteiger partial charge is 0.361 e. The summed E-state index contributed by atoms with van der Waals surface area (Å²) >= 11 is 0. The Balaban J connectivity index is 3.94. The van der Waals surface area contributed by atoms with Crippen LogP contribution in [0, 0.1) is 0 Å². The van der Waals surface area contributed by atoms with Gasteiger partial charge >= 0.3 is 17.9 Å². The molecule has 0 rings (SSSR count). The van der Waals surface area contributed by atoms with Crippen LogP contribution in [0.2, 0.25) is 0 Å². The fourth-order valence-corrected chi connectivity index (χ4v) is 9.65. The Morgan fingerprint density at radius 1 is 0.392 bits per heavy atom. The van der Waals surface area contributed by atoms with Gasteiger partial charge in [0.2, 0.25) is 0 Å². The second-order valence-corrected chi connectivity index (χ2v) is 23.7. The summed E-state index contributed by atoms with van der Waals surface area (Å²) in [5.41, 5.74) is 0. The fraction of sp³-hybridized carbons (Fsp3) is 0.814. The number of hydrogen-bond donors (Lipinski definition) is 1. The summed E-state index contributed by atoms with van der Waals surface area (Å²) in [4.78, 5) is 37.4. The Labute approximate surface area is 488 Å². The van der Waals surface area contributed by atoms with E-state index in [0.717, 1.165) is 57.8 Å². The van der Waals surface area contributed by atoms with Crippen molar-refractivity contribution in [1.82, 2.24) is 0 Å². The normalized spacial score (nSPS) is 13.1. The van der Waals surface area contributed by atoms with Crippen molar-refractivity contribution in [1.29, 1.82) is 0 Å². The first-order valence-corrected chi connectivity index (χ1v) is 33.5. The van der Waals surface area contributed by atoms with Gasteiger partial charge in [-0.05, 0) is 77.0 Å². The zero-order valence-electron chi connectivity index (χ0n) is 52.5. The lowest BCUT2D eigenvalue weighted by Gasteiger charge is -2.25. The highest BCUT2D eigenvalue weighted by Crippen LogP contribution is 2.18. The molecule has 0 aromatic rings. The monoisotopic (exact) mass is 1110 g/mol. The molecule has 0 fully saturated rings. The van der Waals surface area contributed by atoms with Gasteiger partial charge in [-0.3, -0.25) is 9.59 Å². The van der Waals surface area contributed by atoms with E-state index in [1.54, 1.807) is 0 Å². The van der Waals surface area contributed by atoms with E-state index in [-0.39, 0.29) is 32.2 Å². The van der Waals surface area contributed by atoms with Crippen molar-refractivity contribution in [2.75, 3.05) is 47.5 Å². The number of hydrogen-bond acceptors (Lipinski definition) is 7. The number of carboxylic acid groups (broad SMARTS) is 1. The molecule has 0 aliphatic carbocycles. The number of likely N-dealkylation sites (N-methyl/N-ethyl adjacent to an activating group) is 1. The van der Waals surface area contributed by atoms with Crippen LogP contribution >= 0.6 is 0 Å². The van der Waals surface area contributed by atoms with Crippen molar-refractivity contribution in [2.24, 2.45) is 0 Å². The first kappa shape index (κ1) is 76.0. The van der Waals surface area contributed by atoms with E-state index in [4.69, 9.17) is 18.9 Å². The number of allylic oxidation sites excluding steroid dienone is 10. The number of carboxylic acids is 1. The molecule has 0 aromatic heterocycles. The van der Waals surface area contributed by atoms with E-state index < -0.39 is 24.3 Å². The topological polar surface area (TPSA) is 108 Å². The van der Waals surface area contributed by atoms with E-state index in [1.165, 1.54) is 218 Å². The number of esters is 2. The summed E-state index contributed by atoms with van der Waals surface area (Å²) in [6, 6.07) is 0. The van der Waals surface area contributed by atoms with Crippen LogP contribution in [0.3, 0.4) is 0 Å². The molecule has 79 heavy (non-hydrogen) atoms. The lowest BCUT2D eigenvalue weighted by Crippen LogP contribution is -2.40. The molecule has 9 nitrogen and oxygen atoms in total. The molecular weight excluding hydrogens is 983 g/mol. The molecule has 0 heterocycles. The number of aliphatic carboxylic acids is 1. The van der Waals surface area contributed by atoms with Crippen LogP contribution in [0.4, 0.5) is 0 Å². The van der Waals surface area contributed by atoms with Gasteiger partial charge in [0.25, 0.3) is 6.29 Å². The molecule has 460 valence electrons. The highest BCUT2D eigenvalue weighted by atomic mass is 16.7. The number of ether oxygens (including phenoxy) is 4. The minimum Gasteiger partial charge on any atom is -0.477 e. The van der Waals surface area contributed by atoms with E-state index in [0.29, 0.717) is 23.9 Å². The molecule has 0 spiro atoms. The molecule has 0 bridgehead atoms. The molecule has 0 radical (unpaired) electrons. The van der Waals surface area contributed by atoms with E-state index in [9.17, 15) is 19.5 Å². The predicted octanol–water partition coefficient (Wildman–Crippen LogP) is 20.4. The van der Waals surface area contributed by atoms with Crippen LogP contribution in [0.5, 0.6) is 0 Å². The van der Waals surface area contributed by atoms with Crippen molar-refractivity contribution in [3.05, 3.63) is 60.8 Å². The summed E-state index contributed by atoms with van der Waals surface area (Å²) in [5.74, 6) is -2.05. The van der Waals surface area contributed by atoms with Gasteiger partial charge in [-0.1, -0.05) is 280 Å². The van der Waals surface area contributed by atoms with Gasteiger partial charge in [-0.2, -0.15) is 0 Å². The lowest BCUT2D eigenvalue weighted by molar-refractivity contribution is -0.870. The predicted molar refractivity (Wildman–Crippen MR) is 336 cm³/mol. The zero-order valence-corrected chi connectivity index (χ0v) is 52.5. The minimum absolute atomic E-state index is 0.179. The Kier molecular flexibility index (Phi) is 58.7. The molecule has 0 saturated heterocycles. The third-order valence-corrected chi connectivity index (χ3v) is 14.8. The molecule has 2 unspecified atom stereocenters. The summed E-state index contributed by atoms with van der Waals surface area (Å²) in [7, 11) is 5.96. The van der Waals surface area contributed by atoms with E-state index >= 15 is 0 Å². The van der Waals surface area contributed by atoms with Gasteiger partial charge < -0.3 is 28.5 Å². The zero-order chi connectivity index (χ0) is 57.6. The van der Waals surface area contributed by atoms with Gasteiger partial charge in [0.1, 0.15) is 13.2 Å². The SMILES string of the molecule is CC/C=C\C/C=C\C/C=C\C/C=C\CCCCC(=O)OC(COC(=O)CCCCCCCCCCCCCCCCCCCCCCCCCCCCC/C=C\CCCCCCCCCC)COC(OCC[N+](C)(C)C)C(=O)O. The van der Waals surface area contributed by atoms with Crippen LogP contribution in [-0.4, -0.2) is 87.4 Å². The van der Waals surface area contributed by atoms with Crippen LogP contribution in [0.15, 0.2) is 60.8 Å². The molecule has 0 saturated carbocycles. The van der Waals surface area contributed by atoms with E-state index in [2.05, 4.69) is 74.6 Å². The van der Waals surface area contributed by atoms with Crippen molar-refractivity contribution >= 4 is 17.9 Å². The summed E-state index contributed by atoms with van der Waals surface area (Å²) in [5, 5.41) is 9.70. The van der Waals surface area contributed by atoms with Gasteiger partial charge in [0.05, 0.1) is 34.4 Å². The van der Waals surface area contributed by atoms with Gasteiger partial charge in [-0.25, -0.2) is 4.79 Å². The molecule has 2 atom stereocenters. The van der Waals surface area contributed by atoms with Crippen LogP contribution in [0.25, 0.3) is 0 Å². The highest BCUT2D eigenvalue weighted by Gasteiger charge is 2.25. The number of carbonyl (C=O) groups excluding carboxylic acids is 2. The molecule has 1 N–H and O–H groups in total. The third kappa shape index (κ3) is 62.4. The number of carbonyl (C=O) groups is 3. The molecule has 0 amide bonds. The molecule has 9 heteroatoms. The maximum atomic E-state index is 12.8. The molecule has 0 aliphatic heterocycles. The fourth-order valence-electron chi connectivity index (χ4n) is 9.65. The Bertz CT molecular complexity index is 1480. The maximum absolute atomic E-state index is 12.8. The van der Waals surface area contributed by atoms with Crippen molar-refractivity contribution < 1.29 is 42.9 Å². The Morgan fingerprint density at radius 2 is 0.722 bits per heavy atom. The average Bonchev–Trinajstić information content (AvgIpc) is 3.42. The highest BCUT2D eigenvalue weighted by molar-refractivity contribution is 5.71. The van der Waals surface area contributed by atoms with Crippen LogP contribution in [-0.2, 0) is 33.3 Å². The second-order valence-electron chi connectivity index (χ2n) is 23.7. The molecule has 0 aromatic carbocycles. The summed E-state index contributed by atoms with van der Waals surface area (Å²) in [6.45, 7) is 4.74. The summed E-state index contributed by atoms with van der Waals surface area (Å²) in [6.07, 6.45) is 76.6. The minimum atomic E-state index is -1.52. The van der Waals surface area contributed by atoms with Crippen molar-refractivity contribution in [3.63, 3.8) is 0 Å². The number of nitrogens with zero attached hydrogens (tertiary/aromatic N) is 1. The Hall–Kier alpha value is -3.01. The van der Waals surface area contributed by atoms with Gasteiger partial charge in [0, 0.05) is 12.8 Å². The molecular formula is C70H128NO8+. The largest absolute Gasteiger partial charge is 0.477 e. The first-order chi connectivity index (χ1) is 38.6. The van der Waals surface area contributed by atoms with Crippen molar-refractivity contribution in [3.8, 4) is 0 Å². The first-order valence-electron chi connectivity index (χ1n) is 33.5. The number of unbranched alkanes of at least 4 members (excludes halogenated alkanes) is 37. The number of quaternary nitrogens is 1. The quantitative estimate of drug-likeness (QED) is 0.0211. The average molecular weight is 1110 g/mol. The van der Waals surface area contributed by atoms with Crippen LogP contribution < -0.4 is 0 Å². The maximum Gasteiger partial charge on any atom is 0.361 e. The van der Waals surface area contributed by atoms with Crippen LogP contribution in [0.1, 0.15) is 309 Å². The van der Waals surface area contributed by atoms with E-state index in [1.807, 2.05) is 21.1 Å². The van der Waals surface area contributed by atoms with Crippen molar-refractivity contribution in [2.45, 2.75) is 322 Å². The third-order valence-electron chi connectivity index (χ3n) is 14.8. The lowest BCUT2D eigenvalue weighted by atomic mass is 10.0. The summed E-state index contributed by atoms with van der Waals surface area (Å²) < 4.78 is 22.8. The number of rotatable bonds is 62.